The molecule has 1 fully saturated rings. The van der Waals surface area contributed by atoms with Crippen molar-refractivity contribution >= 4 is 23.3 Å². The van der Waals surface area contributed by atoms with Gasteiger partial charge in [-0.25, -0.2) is 9.78 Å². The predicted octanol–water partition coefficient (Wildman–Crippen LogP) is 1.85. The van der Waals surface area contributed by atoms with Crippen LogP contribution in [0.5, 0.6) is 0 Å². The van der Waals surface area contributed by atoms with Crippen LogP contribution in [-0.4, -0.2) is 40.1 Å². The molecule has 1 aliphatic rings. The van der Waals surface area contributed by atoms with Crippen LogP contribution in [-0.2, 0) is 4.79 Å². The number of aliphatic carboxylic acids is 1. The molecule has 1 aromatic rings. The summed E-state index contributed by atoms with van der Waals surface area (Å²) in [5.41, 5.74) is 0. The molecular weight excluding hydrogens is 266 g/mol. The van der Waals surface area contributed by atoms with Crippen LogP contribution in [0.2, 0.25) is 0 Å². The number of nitrogens with zero attached hydrogens (tertiary/aromatic N) is 2. The lowest BCUT2D eigenvalue weighted by Gasteiger charge is -2.34. The summed E-state index contributed by atoms with van der Waals surface area (Å²) in [5, 5.41) is 14.1. The van der Waals surface area contributed by atoms with Gasteiger partial charge >= 0.3 is 12.0 Å². The van der Waals surface area contributed by atoms with Crippen LogP contribution in [0.1, 0.15) is 36.7 Å². The number of carbonyl (C=O) groups excluding carboxylic acids is 1. The van der Waals surface area contributed by atoms with Crippen molar-refractivity contribution in [1.82, 2.24) is 15.2 Å². The number of piperidine rings is 1. The molecule has 2 rings (SSSR count). The van der Waals surface area contributed by atoms with E-state index in [4.69, 9.17) is 5.11 Å². The van der Waals surface area contributed by atoms with Crippen LogP contribution in [0, 0.1) is 0 Å². The molecule has 1 saturated heterocycles. The molecule has 104 valence electrons. The molecule has 0 aliphatic carbocycles. The first-order valence-electron chi connectivity index (χ1n) is 6.34. The summed E-state index contributed by atoms with van der Waals surface area (Å²) in [5.74, 6) is -0.907. The predicted molar refractivity (Wildman–Crippen MR) is 71.1 cm³/mol. The molecule has 0 spiro atoms. The SMILES string of the molecule is O=C(O)CCNC(=O)N1CCCCC1c1nccs1. The molecule has 6 nitrogen and oxygen atoms in total. The number of nitrogens with one attached hydrogen (secondary N) is 1. The first kappa shape index (κ1) is 13.8. The van der Waals surface area contributed by atoms with Gasteiger partial charge in [0.2, 0.25) is 0 Å². The first-order valence-corrected chi connectivity index (χ1v) is 7.22. The van der Waals surface area contributed by atoms with E-state index in [1.807, 2.05) is 5.38 Å². The van der Waals surface area contributed by atoms with Crippen molar-refractivity contribution in [2.45, 2.75) is 31.7 Å². The third-order valence-electron chi connectivity index (χ3n) is 3.12. The molecule has 1 atom stereocenters. The molecule has 0 radical (unpaired) electrons. The molecule has 0 aromatic carbocycles. The number of carboxylic acids is 1. The number of hydrogen-bond acceptors (Lipinski definition) is 4. The quantitative estimate of drug-likeness (QED) is 0.883. The van der Waals surface area contributed by atoms with E-state index >= 15 is 0 Å². The lowest BCUT2D eigenvalue weighted by Crippen LogP contribution is -2.45. The molecule has 0 bridgehead atoms. The Kier molecular flexibility index (Phi) is 4.73. The van der Waals surface area contributed by atoms with Crippen LogP contribution in [0.4, 0.5) is 4.79 Å². The molecule has 2 N–H and O–H groups in total. The summed E-state index contributed by atoms with van der Waals surface area (Å²) >= 11 is 1.55. The van der Waals surface area contributed by atoms with Crippen LogP contribution in [0.3, 0.4) is 0 Å². The van der Waals surface area contributed by atoms with E-state index in [1.165, 1.54) is 0 Å². The second kappa shape index (κ2) is 6.51. The van der Waals surface area contributed by atoms with Crippen molar-refractivity contribution < 1.29 is 14.7 Å². The molecule has 7 heteroatoms. The van der Waals surface area contributed by atoms with Crippen LogP contribution < -0.4 is 5.32 Å². The minimum Gasteiger partial charge on any atom is -0.481 e. The minimum absolute atomic E-state index is 0.0265. The van der Waals surface area contributed by atoms with Gasteiger partial charge in [-0.2, -0.15) is 0 Å². The lowest BCUT2D eigenvalue weighted by molar-refractivity contribution is -0.136. The molecule has 1 aromatic heterocycles. The Morgan fingerprint density at radius 1 is 1.53 bits per heavy atom. The van der Waals surface area contributed by atoms with Crippen LogP contribution >= 0.6 is 11.3 Å². The third kappa shape index (κ3) is 3.66. The maximum Gasteiger partial charge on any atom is 0.318 e. The van der Waals surface area contributed by atoms with E-state index in [0.29, 0.717) is 6.54 Å². The second-order valence-electron chi connectivity index (χ2n) is 4.45. The highest BCUT2D eigenvalue weighted by atomic mass is 32.1. The molecule has 0 saturated carbocycles. The molecule has 2 amide bonds. The number of carbonyl (C=O) groups is 2. The number of likely N-dealkylation sites (tertiary alicyclic amines) is 1. The number of rotatable bonds is 4. The maximum atomic E-state index is 12.1. The van der Waals surface area contributed by atoms with Gasteiger partial charge in [0, 0.05) is 24.7 Å². The monoisotopic (exact) mass is 283 g/mol. The number of urea groups is 1. The number of carboxylic acid groups (broad SMARTS) is 1. The summed E-state index contributed by atoms with van der Waals surface area (Å²) in [6.45, 7) is 0.860. The lowest BCUT2D eigenvalue weighted by atomic mass is 10.0. The Labute approximate surface area is 115 Å². The topological polar surface area (TPSA) is 82.5 Å². The van der Waals surface area contributed by atoms with Crippen molar-refractivity contribution in [2.24, 2.45) is 0 Å². The Hall–Kier alpha value is -1.63. The van der Waals surface area contributed by atoms with E-state index in [-0.39, 0.29) is 25.0 Å². The van der Waals surface area contributed by atoms with E-state index in [1.54, 1.807) is 22.4 Å². The maximum absolute atomic E-state index is 12.1. The molecule has 1 unspecified atom stereocenters. The van der Waals surface area contributed by atoms with Gasteiger partial charge in [-0.1, -0.05) is 0 Å². The van der Waals surface area contributed by atoms with Gasteiger partial charge in [-0.3, -0.25) is 4.79 Å². The Morgan fingerprint density at radius 2 is 2.37 bits per heavy atom. The van der Waals surface area contributed by atoms with Crippen molar-refractivity contribution in [3.8, 4) is 0 Å². The largest absolute Gasteiger partial charge is 0.481 e. The molecule has 1 aliphatic heterocycles. The Morgan fingerprint density at radius 3 is 3.05 bits per heavy atom. The van der Waals surface area contributed by atoms with Crippen molar-refractivity contribution in [1.29, 1.82) is 0 Å². The van der Waals surface area contributed by atoms with Crippen LogP contribution in [0.25, 0.3) is 0 Å². The van der Waals surface area contributed by atoms with Gasteiger partial charge < -0.3 is 15.3 Å². The zero-order valence-corrected chi connectivity index (χ0v) is 11.4. The fraction of sp³-hybridized carbons (Fsp3) is 0.583. The van der Waals surface area contributed by atoms with Gasteiger partial charge in [0.1, 0.15) is 5.01 Å². The summed E-state index contributed by atoms with van der Waals surface area (Å²) in [6.07, 6.45) is 4.67. The smallest absolute Gasteiger partial charge is 0.318 e. The first-order chi connectivity index (χ1) is 9.18. The van der Waals surface area contributed by atoms with Crippen molar-refractivity contribution in [3.63, 3.8) is 0 Å². The highest BCUT2D eigenvalue weighted by molar-refractivity contribution is 7.09. The standard InChI is InChI=1S/C12H17N3O3S/c16-10(17)4-5-14-12(18)15-7-2-1-3-9(15)11-13-6-8-19-11/h6,8-9H,1-5,7H2,(H,14,18)(H,16,17). The number of aromatic nitrogens is 1. The highest BCUT2D eigenvalue weighted by Gasteiger charge is 2.29. The van der Waals surface area contributed by atoms with Crippen molar-refractivity contribution in [3.05, 3.63) is 16.6 Å². The summed E-state index contributed by atoms with van der Waals surface area (Å²) in [4.78, 5) is 28.6. The van der Waals surface area contributed by atoms with Crippen LogP contribution in [0.15, 0.2) is 11.6 Å². The fourth-order valence-electron chi connectivity index (χ4n) is 2.21. The van der Waals surface area contributed by atoms with E-state index in [2.05, 4.69) is 10.3 Å². The molecule has 2 heterocycles. The minimum atomic E-state index is -0.907. The van der Waals surface area contributed by atoms with E-state index in [0.717, 1.165) is 24.3 Å². The third-order valence-corrected chi connectivity index (χ3v) is 3.99. The highest BCUT2D eigenvalue weighted by Crippen LogP contribution is 2.31. The zero-order chi connectivity index (χ0) is 13.7. The zero-order valence-electron chi connectivity index (χ0n) is 10.5. The molecular formula is C12H17N3O3S. The summed E-state index contributed by atoms with van der Waals surface area (Å²) < 4.78 is 0. The van der Waals surface area contributed by atoms with Gasteiger partial charge in [-0.05, 0) is 19.3 Å². The summed E-state index contributed by atoms with van der Waals surface area (Å²) in [6, 6.07) is -0.167. The Balaban J connectivity index is 1.95. The van der Waals surface area contributed by atoms with Gasteiger partial charge in [0.25, 0.3) is 0 Å². The second-order valence-corrected chi connectivity index (χ2v) is 5.38. The van der Waals surface area contributed by atoms with Gasteiger partial charge in [0.05, 0.1) is 12.5 Å². The van der Waals surface area contributed by atoms with Crippen molar-refractivity contribution in [2.75, 3.05) is 13.1 Å². The Bertz CT molecular complexity index is 435. The summed E-state index contributed by atoms with van der Waals surface area (Å²) in [7, 11) is 0. The average Bonchev–Trinajstić information content (AvgIpc) is 2.92. The van der Waals surface area contributed by atoms with Gasteiger partial charge in [0.15, 0.2) is 0 Å². The number of thiazole rings is 1. The van der Waals surface area contributed by atoms with Gasteiger partial charge in [-0.15, -0.1) is 11.3 Å². The fourth-order valence-corrected chi connectivity index (χ4v) is 2.99. The average molecular weight is 283 g/mol. The van der Waals surface area contributed by atoms with E-state index < -0.39 is 5.97 Å². The van der Waals surface area contributed by atoms with E-state index in [9.17, 15) is 9.59 Å². The normalized spacial score (nSPS) is 19.2. The number of hydrogen-bond donors (Lipinski definition) is 2. The number of amides is 2. The molecule has 19 heavy (non-hydrogen) atoms.